The predicted molar refractivity (Wildman–Crippen MR) is 119 cm³/mol. The van der Waals surface area contributed by atoms with E-state index in [-0.39, 0.29) is 0 Å². The third kappa shape index (κ3) is 3.08. The summed E-state index contributed by atoms with van der Waals surface area (Å²) in [4.78, 5) is 5.01. The molecule has 0 saturated heterocycles. The van der Waals surface area contributed by atoms with Gasteiger partial charge in [0.25, 0.3) is 0 Å². The van der Waals surface area contributed by atoms with Crippen molar-refractivity contribution in [3.05, 3.63) is 58.1 Å². The summed E-state index contributed by atoms with van der Waals surface area (Å²) in [5.41, 5.74) is 5.72. The van der Waals surface area contributed by atoms with Gasteiger partial charge in [-0.3, -0.25) is 14.3 Å². The molecule has 6 nitrogen and oxygen atoms in total. The Morgan fingerprint density at radius 3 is 2.60 bits per heavy atom. The number of rotatable bonds is 6. The molecule has 3 heterocycles. The van der Waals surface area contributed by atoms with Gasteiger partial charge in [-0.05, 0) is 56.0 Å². The smallest absolute Gasteiger partial charge is 0.195 e. The van der Waals surface area contributed by atoms with Gasteiger partial charge in [0, 0.05) is 36.7 Å². The van der Waals surface area contributed by atoms with Crippen LogP contribution in [0, 0.1) is 4.77 Å². The van der Waals surface area contributed by atoms with Crippen molar-refractivity contribution >= 4 is 23.3 Å². The van der Waals surface area contributed by atoms with Crippen molar-refractivity contribution in [3.63, 3.8) is 0 Å². The van der Waals surface area contributed by atoms with E-state index in [4.69, 9.17) is 22.3 Å². The van der Waals surface area contributed by atoms with Crippen molar-refractivity contribution in [2.45, 2.75) is 50.5 Å². The first-order valence-corrected chi connectivity index (χ1v) is 11.2. The maximum Gasteiger partial charge on any atom is 0.195 e. The highest BCUT2D eigenvalue weighted by Crippen LogP contribution is 2.46. The molecule has 0 amide bonds. The topological polar surface area (TPSA) is 64.3 Å². The van der Waals surface area contributed by atoms with Crippen LogP contribution in [0.3, 0.4) is 0 Å². The molecule has 0 radical (unpaired) electrons. The number of aryl methyl sites for hydroxylation is 2. The van der Waals surface area contributed by atoms with E-state index in [1.165, 1.54) is 36.9 Å². The van der Waals surface area contributed by atoms with Gasteiger partial charge in [-0.1, -0.05) is 30.3 Å². The SMILES string of the molecule is Cn1nc(C2CC2)c2c(-c3n[nH]c(=S)n3CCc3ccccc3)cc(C3CC3)nc21. The average Bonchev–Trinajstić information content (AvgIpc) is 3.69. The van der Waals surface area contributed by atoms with Crippen LogP contribution in [-0.4, -0.2) is 29.5 Å². The van der Waals surface area contributed by atoms with Gasteiger partial charge in [0.1, 0.15) is 0 Å². The Morgan fingerprint density at radius 1 is 1.10 bits per heavy atom. The van der Waals surface area contributed by atoms with Gasteiger partial charge in [-0.2, -0.15) is 10.2 Å². The number of pyridine rings is 1. The van der Waals surface area contributed by atoms with Crippen LogP contribution < -0.4 is 0 Å². The summed E-state index contributed by atoms with van der Waals surface area (Å²) in [5.74, 6) is 2.01. The highest BCUT2D eigenvalue weighted by atomic mass is 32.1. The molecular formula is C23H24N6S. The Hall–Kier alpha value is -2.80. The van der Waals surface area contributed by atoms with E-state index in [1.54, 1.807) is 0 Å². The highest BCUT2D eigenvalue weighted by Gasteiger charge is 2.33. The van der Waals surface area contributed by atoms with E-state index in [9.17, 15) is 0 Å². The average molecular weight is 417 g/mol. The Morgan fingerprint density at radius 2 is 1.87 bits per heavy atom. The monoisotopic (exact) mass is 416 g/mol. The standard InChI is InChI=1S/C23H24N6S/c1-28-22-19(20(27-28)16-9-10-16)17(13-18(24-22)15-7-8-15)21-25-26-23(30)29(21)12-11-14-5-3-2-4-6-14/h2-6,13,15-16H,7-12H2,1H3,(H,26,30). The number of benzene rings is 1. The van der Waals surface area contributed by atoms with Gasteiger partial charge in [0.15, 0.2) is 16.2 Å². The summed E-state index contributed by atoms with van der Waals surface area (Å²) in [6.07, 6.45) is 5.75. The number of hydrogen-bond donors (Lipinski definition) is 1. The van der Waals surface area contributed by atoms with Crippen molar-refractivity contribution < 1.29 is 0 Å². The zero-order valence-electron chi connectivity index (χ0n) is 17.0. The van der Waals surface area contributed by atoms with E-state index in [2.05, 4.69) is 45.1 Å². The molecule has 3 aromatic heterocycles. The Kier molecular flexibility index (Phi) is 4.13. The van der Waals surface area contributed by atoms with Crippen molar-refractivity contribution in [1.29, 1.82) is 0 Å². The lowest BCUT2D eigenvalue weighted by Crippen LogP contribution is -2.05. The van der Waals surface area contributed by atoms with E-state index in [0.717, 1.165) is 41.1 Å². The van der Waals surface area contributed by atoms with Gasteiger partial charge in [0.05, 0.1) is 11.1 Å². The molecule has 7 heteroatoms. The molecule has 2 saturated carbocycles. The number of aromatic amines is 1. The molecule has 30 heavy (non-hydrogen) atoms. The van der Waals surface area contributed by atoms with Crippen LogP contribution >= 0.6 is 12.2 Å². The first-order chi connectivity index (χ1) is 14.7. The first-order valence-electron chi connectivity index (χ1n) is 10.8. The Bertz CT molecular complexity index is 1290. The molecule has 2 aliphatic rings. The zero-order chi connectivity index (χ0) is 20.2. The second-order valence-electron chi connectivity index (χ2n) is 8.59. The first kappa shape index (κ1) is 18.0. The minimum absolute atomic E-state index is 0.542. The van der Waals surface area contributed by atoms with Gasteiger partial charge < -0.3 is 0 Å². The molecule has 1 aromatic carbocycles. The zero-order valence-corrected chi connectivity index (χ0v) is 17.8. The third-order valence-electron chi connectivity index (χ3n) is 6.27. The summed E-state index contributed by atoms with van der Waals surface area (Å²) in [5, 5.41) is 13.7. The molecule has 2 aliphatic carbocycles. The molecule has 0 bridgehead atoms. The van der Waals surface area contributed by atoms with E-state index in [1.807, 2.05) is 17.8 Å². The lowest BCUT2D eigenvalue weighted by atomic mass is 10.0. The second kappa shape index (κ2) is 6.87. The fraction of sp³-hybridized carbons (Fsp3) is 0.391. The summed E-state index contributed by atoms with van der Waals surface area (Å²) in [6.45, 7) is 0.788. The van der Waals surface area contributed by atoms with Crippen LogP contribution in [0.25, 0.3) is 22.4 Å². The molecule has 2 fully saturated rings. The van der Waals surface area contributed by atoms with Crippen molar-refractivity contribution in [3.8, 4) is 11.4 Å². The quantitative estimate of drug-likeness (QED) is 0.455. The molecule has 0 aliphatic heterocycles. The molecule has 4 aromatic rings. The highest BCUT2D eigenvalue weighted by molar-refractivity contribution is 7.71. The summed E-state index contributed by atoms with van der Waals surface area (Å²) in [7, 11) is 2.01. The van der Waals surface area contributed by atoms with E-state index >= 15 is 0 Å². The molecule has 0 atom stereocenters. The van der Waals surface area contributed by atoms with Crippen LogP contribution in [0.5, 0.6) is 0 Å². The lowest BCUT2D eigenvalue weighted by Gasteiger charge is -2.10. The van der Waals surface area contributed by atoms with Gasteiger partial charge in [-0.25, -0.2) is 4.98 Å². The fourth-order valence-corrected chi connectivity index (χ4v) is 4.54. The number of H-pyrrole nitrogens is 1. The van der Waals surface area contributed by atoms with E-state index in [0.29, 0.717) is 16.6 Å². The van der Waals surface area contributed by atoms with E-state index < -0.39 is 0 Å². The number of fused-ring (bicyclic) bond motifs is 1. The molecular weight excluding hydrogens is 392 g/mol. The van der Waals surface area contributed by atoms with Crippen LogP contribution in [0.2, 0.25) is 0 Å². The summed E-state index contributed by atoms with van der Waals surface area (Å²) >= 11 is 5.62. The molecule has 1 N–H and O–H groups in total. The summed E-state index contributed by atoms with van der Waals surface area (Å²) in [6, 6.07) is 12.8. The minimum Gasteiger partial charge on any atom is -0.300 e. The molecule has 0 unspecified atom stereocenters. The maximum atomic E-state index is 5.62. The number of nitrogens with one attached hydrogen (secondary N) is 1. The summed E-state index contributed by atoms with van der Waals surface area (Å²) < 4.78 is 4.75. The third-order valence-corrected chi connectivity index (χ3v) is 6.58. The molecule has 152 valence electrons. The van der Waals surface area contributed by atoms with Gasteiger partial charge in [0.2, 0.25) is 0 Å². The molecule has 6 rings (SSSR count). The largest absolute Gasteiger partial charge is 0.300 e. The van der Waals surface area contributed by atoms with Crippen molar-refractivity contribution in [2.75, 3.05) is 0 Å². The number of nitrogens with zero attached hydrogens (tertiary/aromatic N) is 5. The van der Waals surface area contributed by atoms with Gasteiger partial charge >= 0.3 is 0 Å². The second-order valence-corrected chi connectivity index (χ2v) is 8.98. The van der Waals surface area contributed by atoms with Crippen LogP contribution in [-0.2, 0) is 20.0 Å². The van der Waals surface area contributed by atoms with Gasteiger partial charge in [-0.15, -0.1) is 0 Å². The normalized spacial score (nSPS) is 16.4. The predicted octanol–water partition coefficient (Wildman–Crippen LogP) is 4.89. The fourth-order valence-electron chi connectivity index (χ4n) is 4.32. The van der Waals surface area contributed by atoms with Crippen LogP contribution in [0.4, 0.5) is 0 Å². The minimum atomic E-state index is 0.542. The maximum absolute atomic E-state index is 5.62. The van der Waals surface area contributed by atoms with Crippen LogP contribution in [0.15, 0.2) is 36.4 Å². The molecule has 0 spiro atoms. The van der Waals surface area contributed by atoms with Crippen LogP contribution in [0.1, 0.15) is 54.5 Å². The number of hydrogen-bond acceptors (Lipinski definition) is 4. The Balaban J connectivity index is 1.50. The number of aromatic nitrogens is 6. The Labute approximate surface area is 180 Å². The van der Waals surface area contributed by atoms with Crippen molar-refractivity contribution in [2.24, 2.45) is 7.05 Å². The van der Waals surface area contributed by atoms with Crippen molar-refractivity contribution in [1.82, 2.24) is 29.5 Å². The lowest BCUT2D eigenvalue weighted by molar-refractivity contribution is 0.692.